The number of rotatable bonds is 1. The summed E-state index contributed by atoms with van der Waals surface area (Å²) in [6.07, 6.45) is 0.845. The van der Waals surface area contributed by atoms with Crippen LogP contribution >= 0.6 is 0 Å². The number of nitrogens with two attached hydrogens (primary N) is 2. The van der Waals surface area contributed by atoms with Gasteiger partial charge in [0, 0.05) is 11.3 Å². The van der Waals surface area contributed by atoms with E-state index in [0.717, 1.165) is 23.2 Å². The topological polar surface area (TPSA) is 69.1 Å². The lowest BCUT2D eigenvalue weighted by Gasteiger charge is -2.01. The van der Waals surface area contributed by atoms with Gasteiger partial charge in [-0.25, -0.2) is 0 Å². The van der Waals surface area contributed by atoms with Gasteiger partial charge >= 0.3 is 0 Å². The Hall–Kier alpha value is -1.95. The first-order valence-corrected chi connectivity index (χ1v) is 4.33. The largest absolute Gasteiger partial charge is 0.399 e. The van der Waals surface area contributed by atoms with E-state index in [1.807, 2.05) is 13.0 Å². The second-order valence-corrected chi connectivity index (χ2v) is 2.88. The monoisotopic (exact) mass is 188 g/mol. The predicted octanol–water partition coefficient (Wildman–Crippen LogP) is 0.668. The van der Waals surface area contributed by atoms with Gasteiger partial charge < -0.3 is 11.5 Å². The number of hydrogen-bond donors (Lipinski definition) is 2. The molecule has 0 saturated heterocycles. The molecule has 0 aliphatic rings. The Labute approximate surface area is 83.1 Å². The van der Waals surface area contributed by atoms with Gasteiger partial charge in [0.15, 0.2) is 0 Å². The molecule has 72 valence electrons. The van der Waals surface area contributed by atoms with Crippen LogP contribution in [0.3, 0.4) is 0 Å². The van der Waals surface area contributed by atoms with Crippen molar-refractivity contribution in [3.05, 3.63) is 29.3 Å². The van der Waals surface area contributed by atoms with Crippen LogP contribution in [0.2, 0.25) is 0 Å². The van der Waals surface area contributed by atoms with Crippen LogP contribution in [0.25, 0.3) is 0 Å². The van der Waals surface area contributed by atoms with Gasteiger partial charge in [0.1, 0.15) is 0 Å². The SMILES string of the molecule is CCc1cc(C#CC(N)=O)ccc1N. The maximum absolute atomic E-state index is 10.4. The highest BCUT2D eigenvalue weighted by Crippen LogP contribution is 2.13. The molecule has 0 aliphatic carbocycles. The number of hydrogen-bond acceptors (Lipinski definition) is 2. The van der Waals surface area contributed by atoms with E-state index in [-0.39, 0.29) is 0 Å². The van der Waals surface area contributed by atoms with Gasteiger partial charge in [-0.3, -0.25) is 4.79 Å². The first-order chi connectivity index (χ1) is 6.63. The fourth-order valence-electron chi connectivity index (χ4n) is 1.12. The first kappa shape index (κ1) is 10.1. The Morgan fingerprint density at radius 2 is 2.21 bits per heavy atom. The number of benzene rings is 1. The zero-order valence-electron chi connectivity index (χ0n) is 8.00. The van der Waals surface area contributed by atoms with Crippen LogP contribution in [0.1, 0.15) is 18.1 Å². The number of nitrogen functional groups attached to an aromatic ring is 1. The molecule has 3 heteroatoms. The maximum Gasteiger partial charge on any atom is 0.293 e. The highest BCUT2D eigenvalue weighted by molar-refractivity contribution is 5.92. The number of primary amides is 1. The second kappa shape index (κ2) is 4.33. The number of anilines is 1. The summed E-state index contributed by atoms with van der Waals surface area (Å²) in [4.78, 5) is 10.4. The smallest absolute Gasteiger partial charge is 0.293 e. The summed E-state index contributed by atoms with van der Waals surface area (Å²) in [6, 6.07) is 5.42. The fourth-order valence-corrected chi connectivity index (χ4v) is 1.12. The quantitative estimate of drug-likeness (QED) is 0.502. The molecule has 0 radical (unpaired) electrons. The van der Waals surface area contributed by atoms with Crippen molar-refractivity contribution in [3.63, 3.8) is 0 Å². The van der Waals surface area contributed by atoms with Gasteiger partial charge in [-0.15, -0.1) is 0 Å². The van der Waals surface area contributed by atoms with E-state index in [1.54, 1.807) is 12.1 Å². The van der Waals surface area contributed by atoms with Gasteiger partial charge in [-0.05, 0) is 36.1 Å². The molecular weight excluding hydrogens is 176 g/mol. The fraction of sp³-hybridized carbons (Fsp3) is 0.182. The molecular formula is C11H12N2O. The van der Waals surface area contributed by atoms with Crippen LogP contribution in [0, 0.1) is 11.8 Å². The summed E-state index contributed by atoms with van der Waals surface area (Å²) in [5, 5.41) is 0. The lowest BCUT2D eigenvalue weighted by molar-refractivity contribution is -0.112. The van der Waals surface area contributed by atoms with E-state index in [0.29, 0.717) is 0 Å². The van der Waals surface area contributed by atoms with E-state index in [1.165, 1.54) is 0 Å². The van der Waals surface area contributed by atoms with E-state index in [2.05, 4.69) is 11.8 Å². The number of aryl methyl sites for hydroxylation is 1. The van der Waals surface area contributed by atoms with Gasteiger partial charge in [-0.2, -0.15) is 0 Å². The van der Waals surface area contributed by atoms with Crippen molar-refractivity contribution < 1.29 is 4.79 Å². The molecule has 0 fully saturated rings. The van der Waals surface area contributed by atoms with Gasteiger partial charge in [0.05, 0.1) is 0 Å². The average Bonchev–Trinajstić information content (AvgIpc) is 2.16. The third-order valence-corrected chi connectivity index (χ3v) is 1.85. The molecule has 0 unspecified atom stereocenters. The zero-order valence-corrected chi connectivity index (χ0v) is 8.00. The Morgan fingerprint density at radius 1 is 1.50 bits per heavy atom. The molecule has 4 N–H and O–H groups in total. The lowest BCUT2D eigenvalue weighted by Crippen LogP contribution is -2.06. The van der Waals surface area contributed by atoms with Crippen molar-refractivity contribution in [2.45, 2.75) is 13.3 Å². The average molecular weight is 188 g/mol. The number of amides is 1. The molecule has 14 heavy (non-hydrogen) atoms. The predicted molar refractivity (Wildman–Crippen MR) is 56.3 cm³/mol. The van der Waals surface area contributed by atoms with Crippen molar-refractivity contribution in [2.75, 3.05) is 5.73 Å². The van der Waals surface area contributed by atoms with Crippen molar-refractivity contribution >= 4 is 11.6 Å². The molecule has 0 aliphatic heterocycles. The summed E-state index contributed by atoms with van der Waals surface area (Å²) in [6.45, 7) is 2.01. The third kappa shape index (κ3) is 2.53. The normalized spacial score (nSPS) is 8.93. The number of carbonyl (C=O) groups excluding carboxylic acids is 1. The van der Waals surface area contributed by atoms with Crippen molar-refractivity contribution in [2.24, 2.45) is 5.73 Å². The molecule has 3 nitrogen and oxygen atoms in total. The van der Waals surface area contributed by atoms with Crippen LogP contribution in [-0.2, 0) is 11.2 Å². The third-order valence-electron chi connectivity index (χ3n) is 1.85. The minimum absolute atomic E-state index is 0.625. The van der Waals surface area contributed by atoms with Gasteiger partial charge in [0.2, 0.25) is 0 Å². The second-order valence-electron chi connectivity index (χ2n) is 2.88. The summed E-state index contributed by atoms with van der Waals surface area (Å²) < 4.78 is 0. The van der Waals surface area contributed by atoms with Gasteiger partial charge in [0.25, 0.3) is 5.91 Å². The van der Waals surface area contributed by atoms with Crippen LogP contribution in [0.15, 0.2) is 18.2 Å². The van der Waals surface area contributed by atoms with Crippen LogP contribution in [0.4, 0.5) is 5.69 Å². The molecule has 0 saturated carbocycles. The summed E-state index contributed by atoms with van der Waals surface area (Å²) >= 11 is 0. The van der Waals surface area contributed by atoms with Crippen LogP contribution in [-0.4, -0.2) is 5.91 Å². The molecule has 1 amide bonds. The number of carbonyl (C=O) groups is 1. The Balaban J connectivity index is 3.03. The van der Waals surface area contributed by atoms with Crippen molar-refractivity contribution in [1.29, 1.82) is 0 Å². The molecule has 1 aromatic carbocycles. The Morgan fingerprint density at radius 3 is 2.79 bits per heavy atom. The maximum atomic E-state index is 10.4. The van der Waals surface area contributed by atoms with E-state index < -0.39 is 5.91 Å². The molecule has 0 bridgehead atoms. The highest BCUT2D eigenvalue weighted by Gasteiger charge is 1.96. The molecule has 0 spiro atoms. The highest BCUT2D eigenvalue weighted by atomic mass is 16.1. The minimum atomic E-state index is -0.625. The van der Waals surface area contributed by atoms with E-state index >= 15 is 0 Å². The summed E-state index contributed by atoms with van der Waals surface area (Å²) in [5.74, 6) is 4.32. The molecule has 0 aromatic heterocycles. The van der Waals surface area contributed by atoms with Crippen molar-refractivity contribution in [1.82, 2.24) is 0 Å². The summed E-state index contributed by atoms with van der Waals surface area (Å²) in [7, 11) is 0. The van der Waals surface area contributed by atoms with Crippen molar-refractivity contribution in [3.8, 4) is 11.8 Å². The molecule has 0 atom stereocenters. The van der Waals surface area contributed by atoms with Gasteiger partial charge in [-0.1, -0.05) is 12.8 Å². The van der Waals surface area contributed by atoms with Crippen LogP contribution < -0.4 is 11.5 Å². The summed E-state index contributed by atoms with van der Waals surface area (Å²) in [5.41, 5.74) is 13.2. The Kier molecular flexibility index (Phi) is 3.14. The minimum Gasteiger partial charge on any atom is -0.399 e. The molecule has 1 aromatic rings. The first-order valence-electron chi connectivity index (χ1n) is 4.33. The van der Waals surface area contributed by atoms with E-state index in [4.69, 9.17) is 11.5 Å². The zero-order chi connectivity index (χ0) is 10.6. The van der Waals surface area contributed by atoms with E-state index in [9.17, 15) is 4.79 Å². The Bertz CT molecular complexity index is 413. The molecule has 0 heterocycles. The van der Waals surface area contributed by atoms with Crippen LogP contribution in [0.5, 0.6) is 0 Å². The molecule has 1 rings (SSSR count). The standard InChI is InChI=1S/C11H12N2O/c1-2-9-7-8(3-5-10(9)12)4-6-11(13)14/h3,5,7H,2,12H2,1H3,(H2,13,14). The lowest BCUT2D eigenvalue weighted by atomic mass is 10.1.